The van der Waals surface area contributed by atoms with Crippen LogP contribution in [-0.2, 0) is 0 Å². The summed E-state index contributed by atoms with van der Waals surface area (Å²) in [7, 11) is 0. The highest BCUT2D eigenvalue weighted by Crippen LogP contribution is 2.17. The minimum absolute atomic E-state index is 0.279. The van der Waals surface area contributed by atoms with Crippen molar-refractivity contribution >= 4 is 28.3 Å². The molecule has 3 heterocycles. The molecule has 8 nitrogen and oxygen atoms in total. The van der Waals surface area contributed by atoms with Crippen molar-refractivity contribution < 1.29 is 9.21 Å². The number of H-pyrrole nitrogens is 1. The Morgan fingerprint density at radius 2 is 2.13 bits per heavy atom. The Hall–Kier alpha value is -3.42. The predicted molar refractivity (Wildman–Crippen MR) is 82.5 cm³/mol. The lowest BCUT2D eigenvalue weighted by atomic mass is 10.2. The van der Waals surface area contributed by atoms with Crippen molar-refractivity contribution in [2.24, 2.45) is 0 Å². The lowest BCUT2D eigenvalue weighted by molar-refractivity contribution is 0.102. The number of fused-ring (bicyclic) bond motifs is 2. The SMILES string of the molecule is Cc1nnc2cc(C(=O)Nc3ccc4oc(=O)[nH]c4c3)ccn12. The third kappa shape index (κ3) is 2.26. The molecule has 0 saturated carbocycles. The monoisotopic (exact) mass is 309 g/mol. The summed E-state index contributed by atoms with van der Waals surface area (Å²) in [5.74, 6) is -0.0595. The third-order valence-corrected chi connectivity index (χ3v) is 3.52. The van der Waals surface area contributed by atoms with Crippen LogP contribution in [0.3, 0.4) is 0 Å². The average Bonchev–Trinajstić information content (AvgIpc) is 3.08. The first-order valence-electron chi connectivity index (χ1n) is 6.86. The van der Waals surface area contributed by atoms with E-state index in [1.165, 1.54) is 0 Å². The highest BCUT2D eigenvalue weighted by atomic mass is 16.4. The van der Waals surface area contributed by atoms with Gasteiger partial charge in [0, 0.05) is 17.4 Å². The van der Waals surface area contributed by atoms with E-state index in [1.54, 1.807) is 40.9 Å². The molecule has 2 N–H and O–H groups in total. The minimum atomic E-state index is -0.531. The number of hydrogen-bond donors (Lipinski definition) is 2. The second-order valence-corrected chi connectivity index (χ2v) is 5.07. The highest BCUT2D eigenvalue weighted by molar-refractivity contribution is 6.05. The molecule has 0 saturated heterocycles. The zero-order chi connectivity index (χ0) is 16.0. The first kappa shape index (κ1) is 13.3. The molecule has 0 atom stereocenters. The van der Waals surface area contributed by atoms with Crippen LogP contribution in [0.15, 0.2) is 45.7 Å². The normalized spacial score (nSPS) is 11.2. The molecular formula is C15H11N5O3. The third-order valence-electron chi connectivity index (χ3n) is 3.52. The van der Waals surface area contributed by atoms with Crippen LogP contribution in [0.25, 0.3) is 16.7 Å². The molecule has 0 unspecified atom stereocenters. The fraction of sp³-hybridized carbons (Fsp3) is 0.0667. The van der Waals surface area contributed by atoms with Gasteiger partial charge in [-0.25, -0.2) is 4.79 Å². The number of oxazole rings is 1. The summed E-state index contributed by atoms with van der Waals surface area (Å²) in [6.07, 6.45) is 1.75. The number of carbonyl (C=O) groups excluding carboxylic acids is 1. The number of nitrogens with one attached hydrogen (secondary N) is 2. The van der Waals surface area contributed by atoms with Crippen molar-refractivity contribution in [3.05, 3.63) is 58.5 Å². The summed E-state index contributed by atoms with van der Waals surface area (Å²) in [6.45, 7) is 1.83. The standard InChI is InChI=1S/C15H11N5O3/c1-8-18-19-13-6-9(4-5-20(8)13)14(21)16-10-2-3-12-11(7-10)17-15(22)23-12/h2-7H,1H3,(H,16,21)(H,17,22). The zero-order valence-corrected chi connectivity index (χ0v) is 12.0. The molecule has 23 heavy (non-hydrogen) atoms. The summed E-state index contributed by atoms with van der Waals surface area (Å²) in [5.41, 5.74) is 2.58. The maximum absolute atomic E-state index is 12.3. The van der Waals surface area contributed by atoms with Gasteiger partial charge in [-0.1, -0.05) is 0 Å². The quantitative estimate of drug-likeness (QED) is 0.586. The number of anilines is 1. The van der Waals surface area contributed by atoms with E-state index in [1.807, 2.05) is 6.92 Å². The van der Waals surface area contributed by atoms with Gasteiger partial charge in [-0.2, -0.15) is 0 Å². The van der Waals surface area contributed by atoms with Gasteiger partial charge in [-0.05, 0) is 37.3 Å². The molecule has 1 amide bonds. The topological polar surface area (TPSA) is 105 Å². The van der Waals surface area contributed by atoms with Crippen LogP contribution in [0.1, 0.15) is 16.2 Å². The molecule has 0 aliphatic rings. The Labute approximate surface area is 128 Å². The van der Waals surface area contributed by atoms with Gasteiger partial charge in [0.15, 0.2) is 11.2 Å². The Balaban J connectivity index is 1.65. The van der Waals surface area contributed by atoms with Crippen LogP contribution in [-0.4, -0.2) is 25.5 Å². The van der Waals surface area contributed by atoms with Gasteiger partial charge in [0.25, 0.3) is 5.91 Å². The summed E-state index contributed by atoms with van der Waals surface area (Å²) in [4.78, 5) is 26.0. The summed E-state index contributed by atoms with van der Waals surface area (Å²) < 4.78 is 6.71. The molecular weight excluding hydrogens is 298 g/mol. The van der Waals surface area contributed by atoms with Crippen LogP contribution in [0.5, 0.6) is 0 Å². The van der Waals surface area contributed by atoms with Crippen molar-refractivity contribution in [1.82, 2.24) is 19.6 Å². The zero-order valence-electron chi connectivity index (χ0n) is 12.0. The van der Waals surface area contributed by atoms with Gasteiger partial charge >= 0.3 is 5.76 Å². The number of benzene rings is 1. The van der Waals surface area contributed by atoms with Crippen LogP contribution in [0, 0.1) is 6.92 Å². The number of aryl methyl sites for hydroxylation is 1. The number of aromatic amines is 1. The molecule has 4 rings (SSSR count). The van der Waals surface area contributed by atoms with Gasteiger partial charge in [-0.15, -0.1) is 10.2 Å². The Morgan fingerprint density at radius 3 is 3.00 bits per heavy atom. The molecule has 4 aromatic rings. The van der Waals surface area contributed by atoms with Gasteiger partial charge in [0.1, 0.15) is 5.82 Å². The van der Waals surface area contributed by atoms with E-state index in [0.717, 1.165) is 5.82 Å². The molecule has 8 heteroatoms. The van der Waals surface area contributed by atoms with Crippen LogP contribution in [0.2, 0.25) is 0 Å². The van der Waals surface area contributed by atoms with Gasteiger partial charge in [0.2, 0.25) is 0 Å². The van der Waals surface area contributed by atoms with Gasteiger partial charge in [0.05, 0.1) is 5.52 Å². The van der Waals surface area contributed by atoms with E-state index in [0.29, 0.717) is 28.0 Å². The van der Waals surface area contributed by atoms with Crippen molar-refractivity contribution in [2.75, 3.05) is 5.32 Å². The number of rotatable bonds is 2. The molecule has 0 aliphatic heterocycles. The van der Waals surface area contributed by atoms with Crippen LogP contribution in [0.4, 0.5) is 5.69 Å². The number of amides is 1. The predicted octanol–water partition coefficient (Wildman–Crippen LogP) is 1.72. The van der Waals surface area contributed by atoms with Crippen LogP contribution < -0.4 is 11.1 Å². The number of hydrogen-bond acceptors (Lipinski definition) is 5. The molecule has 3 aromatic heterocycles. The number of aromatic nitrogens is 4. The van der Waals surface area contributed by atoms with Crippen molar-refractivity contribution in [2.45, 2.75) is 6.92 Å². The minimum Gasteiger partial charge on any atom is -0.408 e. The second kappa shape index (κ2) is 4.80. The van der Waals surface area contributed by atoms with Gasteiger partial charge < -0.3 is 9.73 Å². The average molecular weight is 309 g/mol. The number of pyridine rings is 1. The van der Waals surface area contributed by atoms with Crippen molar-refractivity contribution in [3.63, 3.8) is 0 Å². The second-order valence-electron chi connectivity index (χ2n) is 5.07. The summed E-state index contributed by atoms with van der Waals surface area (Å²) in [6, 6.07) is 8.27. The molecule has 0 fully saturated rings. The molecule has 0 spiro atoms. The molecule has 0 radical (unpaired) electrons. The lowest BCUT2D eigenvalue weighted by Gasteiger charge is -2.05. The largest absolute Gasteiger partial charge is 0.417 e. The number of nitrogens with zero attached hydrogens (tertiary/aromatic N) is 3. The highest BCUT2D eigenvalue weighted by Gasteiger charge is 2.10. The number of carbonyl (C=O) groups is 1. The first-order chi connectivity index (χ1) is 11.1. The molecule has 1 aromatic carbocycles. The molecule has 0 aliphatic carbocycles. The van der Waals surface area contributed by atoms with Crippen molar-refractivity contribution in [1.29, 1.82) is 0 Å². The smallest absolute Gasteiger partial charge is 0.408 e. The van der Waals surface area contributed by atoms with E-state index in [2.05, 4.69) is 20.5 Å². The van der Waals surface area contributed by atoms with E-state index < -0.39 is 5.76 Å². The van der Waals surface area contributed by atoms with E-state index in [4.69, 9.17) is 4.42 Å². The van der Waals surface area contributed by atoms with Gasteiger partial charge in [-0.3, -0.25) is 14.2 Å². The maximum atomic E-state index is 12.3. The van der Waals surface area contributed by atoms with E-state index in [-0.39, 0.29) is 5.91 Å². The van der Waals surface area contributed by atoms with E-state index >= 15 is 0 Å². The summed E-state index contributed by atoms with van der Waals surface area (Å²) in [5, 5.41) is 10.7. The Morgan fingerprint density at radius 1 is 1.26 bits per heavy atom. The lowest BCUT2D eigenvalue weighted by Crippen LogP contribution is -2.12. The van der Waals surface area contributed by atoms with Crippen molar-refractivity contribution in [3.8, 4) is 0 Å². The van der Waals surface area contributed by atoms with Crippen LogP contribution >= 0.6 is 0 Å². The van der Waals surface area contributed by atoms with E-state index in [9.17, 15) is 9.59 Å². The molecule has 0 bridgehead atoms. The molecule has 114 valence electrons. The maximum Gasteiger partial charge on any atom is 0.417 e. The Bertz CT molecular complexity index is 1110. The summed E-state index contributed by atoms with van der Waals surface area (Å²) >= 11 is 0. The fourth-order valence-electron chi connectivity index (χ4n) is 2.38. The Kier molecular flexibility index (Phi) is 2.77. The first-order valence-corrected chi connectivity index (χ1v) is 6.86. The fourth-order valence-corrected chi connectivity index (χ4v) is 2.38.